The SMILES string of the molecule is O=C(OC1CCCCC1)[C@H]1Cc2c(sc3ccccc23)CN1. The van der Waals surface area contributed by atoms with E-state index in [9.17, 15) is 4.79 Å². The van der Waals surface area contributed by atoms with Gasteiger partial charge in [-0.1, -0.05) is 24.6 Å². The number of esters is 1. The molecule has 0 unspecified atom stereocenters. The molecule has 3 nitrogen and oxygen atoms in total. The van der Waals surface area contributed by atoms with E-state index in [4.69, 9.17) is 4.74 Å². The molecule has 22 heavy (non-hydrogen) atoms. The van der Waals surface area contributed by atoms with Crippen LogP contribution in [0.2, 0.25) is 0 Å². The molecule has 0 amide bonds. The predicted octanol–water partition coefficient (Wildman–Crippen LogP) is 3.79. The van der Waals surface area contributed by atoms with E-state index in [2.05, 4.69) is 29.6 Å². The molecular formula is C18H21NO2S. The van der Waals surface area contributed by atoms with Crippen molar-refractivity contribution in [3.8, 4) is 0 Å². The Morgan fingerprint density at radius 3 is 2.86 bits per heavy atom. The molecule has 1 atom stereocenters. The first-order valence-electron chi connectivity index (χ1n) is 8.24. The van der Waals surface area contributed by atoms with Crippen LogP contribution in [0.5, 0.6) is 0 Å². The average molecular weight is 315 g/mol. The number of nitrogens with one attached hydrogen (secondary N) is 1. The number of hydrogen-bond acceptors (Lipinski definition) is 4. The molecule has 0 saturated heterocycles. The molecule has 1 aliphatic carbocycles. The molecule has 1 fully saturated rings. The second-order valence-corrected chi connectivity index (χ2v) is 7.47. The second kappa shape index (κ2) is 6.01. The molecule has 1 saturated carbocycles. The third kappa shape index (κ3) is 2.66. The van der Waals surface area contributed by atoms with Crippen molar-refractivity contribution >= 4 is 27.4 Å². The van der Waals surface area contributed by atoms with E-state index in [1.165, 1.54) is 39.8 Å². The van der Waals surface area contributed by atoms with Crippen LogP contribution in [0.1, 0.15) is 42.5 Å². The Hall–Kier alpha value is -1.39. The van der Waals surface area contributed by atoms with Crippen molar-refractivity contribution in [3.63, 3.8) is 0 Å². The van der Waals surface area contributed by atoms with Gasteiger partial charge in [0.15, 0.2) is 0 Å². The quantitative estimate of drug-likeness (QED) is 0.857. The number of carbonyl (C=O) groups is 1. The fourth-order valence-corrected chi connectivity index (χ4v) is 4.79. The normalized spacial score (nSPS) is 22.5. The van der Waals surface area contributed by atoms with Crippen LogP contribution in [0.4, 0.5) is 0 Å². The summed E-state index contributed by atoms with van der Waals surface area (Å²) >= 11 is 1.83. The highest BCUT2D eigenvalue weighted by Gasteiger charge is 2.30. The lowest BCUT2D eigenvalue weighted by Gasteiger charge is -2.27. The zero-order chi connectivity index (χ0) is 14.9. The molecule has 0 spiro atoms. The molecule has 0 bridgehead atoms. The minimum absolute atomic E-state index is 0.0622. The first-order chi connectivity index (χ1) is 10.8. The molecule has 2 aromatic rings. The Balaban J connectivity index is 1.50. The smallest absolute Gasteiger partial charge is 0.323 e. The Labute approximate surface area is 134 Å². The van der Waals surface area contributed by atoms with Crippen LogP contribution < -0.4 is 5.32 Å². The minimum Gasteiger partial charge on any atom is -0.461 e. The molecule has 1 aromatic heterocycles. The molecule has 116 valence electrons. The Bertz CT molecular complexity index is 687. The monoisotopic (exact) mass is 315 g/mol. The van der Waals surface area contributed by atoms with E-state index < -0.39 is 0 Å². The maximum Gasteiger partial charge on any atom is 0.323 e. The van der Waals surface area contributed by atoms with Crippen LogP contribution in [-0.2, 0) is 22.5 Å². The van der Waals surface area contributed by atoms with E-state index >= 15 is 0 Å². The lowest BCUT2D eigenvalue weighted by Crippen LogP contribution is -2.43. The van der Waals surface area contributed by atoms with Crippen molar-refractivity contribution in [3.05, 3.63) is 34.7 Å². The zero-order valence-electron chi connectivity index (χ0n) is 12.6. The number of rotatable bonds is 2. The molecule has 4 heteroatoms. The number of benzene rings is 1. The van der Waals surface area contributed by atoms with Gasteiger partial charge in [-0.2, -0.15) is 0 Å². The maximum atomic E-state index is 12.5. The van der Waals surface area contributed by atoms with E-state index in [0.717, 1.165) is 25.8 Å². The fourth-order valence-electron chi connectivity index (χ4n) is 3.60. The Kier molecular flexibility index (Phi) is 3.89. The standard InChI is InChI=1S/C18H21NO2S/c20-18(21-12-6-2-1-3-7-12)15-10-14-13-8-4-5-9-16(13)22-17(14)11-19-15/h4-5,8-9,12,15,19H,1-3,6-7,10-11H2/t15-/m1/s1. The third-order valence-electron chi connectivity index (χ3n) is 4.82. The highest BCUT2D eigenvalue weighted by Crippen LogP contribution is 2.34. The van der Waals surface area contributed by atoms with Crippen LogP contribution in [0.3, 0.4) is 0 Å². The summed E-state index contributed by atoms with van der Waals surface area (Å²) in [5.74, 6) is -0.0622. The van der Waals surface area contributed by atoms with Crippen LogP contribution >= 0.6 is 11.3 Å². The minimum atomic E-state index is -0.188. The zero-order valence-corrected chi connectivity index (χ0v) is 13.5. The lowest BCUT2D eigenvalue weighted by molar-refractivity contribution is -0.153. The van der Waals surface area contributed by atoms with Crippen LogP contribution in [0, 0.1) is 0 Å². The summed E-state index contributed by atoms with van der Waals surface area (Å²) in [5.41, 5.74) is 1.34. The summed E-state index contributed by atoms with van der Waals surface area (Å²) < 4.78 is 7.05. The summed E-state index contributed by atoms with van der Waals surface area (Å²) in [4.78, 5) is 13.8. The Morgan fingerprint density at radius 1 is 1.18 bits per heavy atom. The number of hydrogen-bond donors (Lipinski definition) is 1. The van der Waals surface area contributed by atoms with Crippen molar-refractivity contribution in [2.75, 3.05) is 0 Å². The number of ether oxygens (including phenoxy) is 1. The van der Waals surface area contributed by atoms with Crippen LogP contribution in [-0.4, -0.2) is 18.1 Å². The van der Waals surface area contributed by atoms with Crippen molar-refractivity contribution < 1.29 is 9.53 Å². The third-order valence-corrected chi connectivity index (χ3v) is 6.03. The summed E-state index contributed by atoms with van der Waals surface area (Å²) in [6.45, 7) is 0.777. The van der Waals surface area contributed by atoms with Gasteiger partial charge in [-0.25, -0.2) is 0 Å². The second-order valence-electron chi connectivity index (χ2n) is 6.33. The van der Waals surface area contributed by atoms with Gasteiger partial charge < -0.3 is 4.74 Å². The van der Waals surface area contributed by atoms with Crippen molar-refractivity contribution in [1.29, 1.82) is 0 Å². The summed E-state index contributed by atoms with van der Waals surface area (Å²) in [7, 11) is 0. The van der Waals surface area contributed by atoms with Gasteiger partial charge in [0.05, 0.1) is 0 Å². The molecule has 4 rings (SSSR count). The molecule has 2 heterocycles. The molecule has 1 aliphatic heterocycles. The van der Waals surface area contributed by atoms with E-state index in [0.29, 0.717) is 0 Å². The highest BCUT2D eigenvalue weighted by atomic mass is 32.1. The van der Waals surface area contributed by atoms with Gasteiger partial charge in [-0.3, -0.25) is 10.1 Å². The van der Waals surface area contributed by atoms with E-state index in [1.54, 1.807) is 0 Å². The average Bonchev–Trinajstić information content (AvgIpc) is 2.93. The van der Waals surface area contributed by atoms with E-state index in [-0.39, 0.29) is 18.1 Å². The maximum absolute atomic E-state index is 12.5. The Morgan fingerprint density at radius 2 is 2.00 bits per heavy atom. The highest BCUT2D eigenvalue weighted by molar-refractivity contribution is 7.19. The topological polar surface area (TPSA) is 38.3 Å². The van der Waals surface area contributed by atoms with Crippen molar-refractivity contribution in [2.45, 2.75) is 57.2 Å². The molecule has 2 aliphatic rings. The molecular weight excluding hydrogens is 294 g/mol. The van der Waals surface area contributed by atoms with Gasteiger partial charge in [0.25, 0.3) is 0 Å². The largest absolute Gasteiger partial charge is 0.461 e. The number of carbonyl (C=O) groups excluding carboxylic acids is 1. The van der Waals surface area contributed by atoms with Crippen molar-refractivity contribution in [1.82, 2.24) is 5.32 Å². The number of thiophene rings is 1. The van der Waals surface area contributed by atoms with Gasteiger partial charge in [0, 0.05) is 22.5 Å². The van der Waals surface area contributed by atoms with Gasteiger partial charge in [-0.05, 0) is 42.7 Å². The van der Waals surface area contributed by atoms with Crippen molar-refractivity contribution in [2.24, 2.45) is 0 Å². The molecule has 0 radical (unpaired) electrons. The van der Waals surface area contributed by atoms with Gasteiger partial charge >= 0.3 is 5.97 Å². The summed E-state index contributed by atoms with van der Waals surface area (Å²) in [6, 6.07) is 8.29. The summed E-state index contributed by atoms with van der Waals surface area (Å²) in [6.07, 6.45) is 6.62. The summed E-state index contributed by atoms with van der Waals surface area (Å²) in [5, 5.41) is 4.67. The number of fused-ring (bicyclic) bond motifs is 3. The van der Waals surface area contributed by atoms with Crippen LogP contribution in [0.25, 0.3) is 10.1 Å². The van der Waals surface area contributed by atoms with Crippen LogP contribution in [0.15, 0.2) is 24.3 Å². The first kappa shape index (κ1) is 14.2. The van der Waals surface area contributed by atoms with Gasteiger partial charge in [0.2, 0.25) is 0 Å². The fraction of sp³-hybridized carbons (Fsp3) is 0.500. The first-order valence-corrected chi connectivity index (χ1v) is 9.06. The predicted molar refractivity (Wildman–Crippen MR) is 89.1 cm³/mol. The molecule has 1 N–H and O–H groups in total. The molecule has 1 aromatic carbocycles. The lowest BCUT2D eigenvalue weighted by atomic mass is 9.97. The van der Waals surface area contributed by atoms with Gasteiger partial charge in [0.1, 0.15) is 12.1 Å². The van der Waals surface area contributed by atoms with Gasteiger partial charge in [-0.15, -0.1) is 11.3 Å². The van der Waals surface area contributed by atoms with E-state index in [1.807, 2.05) is 11.3 Å².